The van der Waals surface area contributed by atoms with Crippen LogP contribution in [0, 0.1) is 11.7 Å². The van der Waals surface area contributed by atoms with Gasteiger partial charge in [-0.15, -0.1) is 0 Å². The summed E-state index contributed by atoms with van der Waals surface area (Å²) in [5.74, 6) is -0.991. The minimum absolute atomic E-state index is 0.0702. The first-order chi connectivity index (χ1) is 12.0. The third-order valence-corrected chi connectivity index (χ3v) is 4.55. The Morgan fingerprint density at radius 1 is 1.52 bits per heavy atom. The van der Waals surface area contributed by atoms with Gasteiger partial charge in [0.15, 0.2) is 5.82 Å². The smallest absolute Gasteiger partial charge is 0.231 e. The first-order valence-electron chi connectivity index (χ1n) is 7.75. The second kappa shape index (κ2) is 7.47. The number of hydrogen-bond donors (Lipinski definition) is 1. The molecule has 1 aromatic heterocycles. The molecule has 1 saturated heterocycles. The van der Waals surface area contributed by atoms with Crippen LogP contribution >= 0.6 is 11.6 Å². The van der Waals surface area contributed by atoms with Crippen LogP contribution < -0.4 is 5.73 Å². The Morgan fingerprint density at radius 3 is 3.04 bits per heavy atom. The number of hydrogen-bond acceptors (Lipinski definition) is 6. The standard InChI is InChI=1S/C16H18ClFN4O3/c1-24-8-13-20-16(25-21-13)11-7-22(6-10(11)15(19)23)5-9-3-2-4-12(17)14(9)18/h2-4,10-11H,5-8H2,1H3,(H2,19,23)/t10-,11-/m1/s1. The molecule has 0 spiro atoms. The largest absolute Gasteiger partial charge is 0.377 e. The number of ether oxygens (including phenoxy) is 1. The van der Waals surface area contributed by atoms with E-state index in [-0.39, 0.29) is 17.5 Å². The van der Waals surface area contributed by atoms with E-state index in [1.165, 1.54) is 13.2 Å². The molecule has 1 aliphatic rings. The first-order valence-corrected chi connectivity index (χ1v) is 8.13. The van der Waals surface area contributed by atoms with Gasteiger partial charge in [0.25, 0.3) is 0 Å². The summed E-state index contributed by atoms with van der Waals surface area (Å²) in [5, 5.41) is 3.89. The molecule has 134 valence electrons. The van der Waals surface area contributed by atoms with E-state index in [1.807, 2.05) is 4.90 Å². The molecule has 0 bridgehead atoms. The Morgan fingerprint density at radius 2 is 2.32 bits per heavy atom. The highest BCUT2D eigenvalue weighted by Crippen LogP contribution is 2.33. The van der Waals surface area contributed by atoms with E-state index in [4.69, 9.17) is 26.6 Å². The summed E-state index contributed by atoms with van der Waals surface area (Å²) in [7, 11) is 1.53. The molecule has 3 rings (SSSR count). The molecule has 0 saturated carbocycles. The highest BCUT2D eigenvalue weighted by Gasteiger charge is 2.40. The molecular weight excluding hydrogens is 351 g/mol. The fraction of sp³-hybridized carbons (Fsp3) is 0.438. The van der Waals surface area contributed by atoms with Gasteiger partial charge in [-0.05, 0) is 6.07 Å². The average Bonchev–Trinajstić information content (AvgIpc) is 3.19. The van der Waals surface area contributed by atoms with E-state index in [0.29, 0.717) is 36.9 Å². The van der Waals surface area contributed by atoms with Crippen LogP contribution in [0.25, 0.3) is 0 Å². The molecule has 2 N–H and O–H groups in total. The SMILES string of the molecule is COCc1noc([C@@H]2CN(Cc3cccc(Cl)c3F)C[C@H]2C(N)=O)n1. The van der Waals surface area contributed by atoms with Crippen LogP contribution in [0.5, 0.6) is 0 Å². The Balaban J connectivity index is 1.78. The predicted molar refractivity (Wildman–Crippen MR) is 87.1 cm³/mol. The zero-order valence-corrected chi connectivity index (χ0v) is 14.4. The molecule has 2 atom stereocenters. The van der Waals surface area contributed by atoms with Crippen molar-refractivity contribution in [2.45, 2.75) is 19.1 Å². The summed E-state index contributed by atoms with van der Waals surface area (Å²) in [6.07, 6.45) is 0. The van der Waals surface area contributed by atoms with Gasteiger partial charge < -0.3 is 15.0 Å². The molecule has 1 amide bonds. The third-order valence-electron chi connectivity index (χ3n) is 4.26. The van der Waals surface area contributed by atoms with E-state index in [0.717, 1.165) is 0 Å². The fourth-order valence-corrected chi connectivity index (χ4v) is 3.26. The second-order valence-electron chi connectivity index (χ2n) is 6.00. The summed E-state index contributed by atoms with van der Waals surface area (Å²) in [6, 6.07) is 4.85. The van der Waals surface area contributed by atoms with Gasteiger partial charge in [0.2, 0.25) is 11.8 Å². The lowest BCUT2D eigenvalue weighted by Gasteiger charge is -2.16. The summed E-state index contributed by atoms with van der Waals surface area (Å²) < 4.78 is 24.3. The molecule has 1 aromatic carbocycles. The van der Waals surface area contributed by atoms with E-state index in [1.54, 1.807) is 12.1 Å². The molecule has 2 aromatic rings. The number of rotatable bonds is 6. The first kappa shape index (κ1) is 17.8. The van der Waals surface area contributed by atoms with Crippen LogP contribution in [0.1, 0.15) is 23.2 Å². The zero-order valence-electron chi connectivity index (χ0n) is 13.6. The van der Waals surface area contributed by atoms with Crippen molar-refractivity contribution < 1.29 is 18.4 Å². The zero-order chi connectivity index (χ0) is 18.0. The number of carbonyl (C=O) groups is 1. The number of primary amides is 1. The summed E-state index contributed by atoms with van der Waals surface area (Å²) in [6.45, 7) is 1.36. The minimum Gasteiger partial charge on any atom is -0.377 e. The Bertz CT molecular complexity index is 770. The number of nitrogens with two attached hydrogens (primary N) is 1. The lowest BCUT2D eigenvalue weighted by atomic mass is 9.95. The van der Waals surface area contributed by atoms with E-state index < -0.39 is 17.6 Å². The number of aromatic nitrogens is 2. The fourth-order valence-electron chi connectivity index (χ4n) is 3.07. The predicted octanol–water partition coefficient (Wildman–Crippen LogP) is 1.71. The van der Waals surface area contributed by atoms with Crippen LogP contribution in [-0.2, 0) is 22.7 Å². The Hall–Kier alpha value is -2.03. The van der Waals surface area contributed by atoms with Gasteiger partial charge in [0, 0.05) is 32.3 Å². The maximum absolute atomic E-state index is 14.1. The number of halogens is 2. The van der Waals surface area contributed by atoms with E-state index in [9.17, 15) is 9.18 Å². The van der Waals surface area contributed by atoms with E-state index in [2.05, 4.69) is 10.1 Å². The van der Waals surface area contributed by atoms with E-state index >= 15 is 0 Å². The van der Waals surface area contributed by atoms with Gasteiger partial charge >= 0.3 is 0 Å². The highest BCUT2D eigenvalue weighted by molar-refractivity contribution is 6.30. The monoisotopic (exact) mass is 368 g/mol. The molecule has 0 radical (unpaired) electrons. The van der Waals surface area contributed by atoms with Crippen LogP contribution in [0.4, 0.5) is 4.39 Å². The van der Waals surface area contributed by atoms with Crippen molar-refractivity contribution in [1.82, 2.24) is 15.0 Å². The average molecular weight is 369 g/mol. The number of nitrogens with zero attached hydrogens (tertiary/aromatic N) is 3. The summed E-state index contributed by atoms with van der Waals surface area (Å²) in [5.41, 5.74) is 5.99. The number of carbonyl (C=O) groups excluding carboxylic acids is 1. The van der Waals surface area contributed by atoms with Crippen molar-refractivity contribution in [2.75, 3.05) is 20.2 Å². The normalized spacial score (nSPS) is 20.9. The van der Waals surface area contributed by atoms with Gasteiger partial charge in [0.05, 0.1) is 16.9 Å². The lowest BCUT2D eigenvalue weighted by Crippen LogP contribution is -2.29. The van der Waals surface area contributed by atoms with Crippen molar-refractivity contribution in [3.8, 4) is 0 Å². The van der Waals surface area contributed by atoms with Gasteiger partial charge in [-0.1, -0.05) is 28.9 Å². The summed E-state index contributed by atoms with van der Waals surface area (Å²) in [4.78, 5) is 18.0. The molecule has 25 heavy (non-hydrogen) atoms. The second-order valence-corrected chi connectivity index (χ2v) is 6.41. The van der Waals surface area contributed by atoms with Gasteiger partial charge in [-0.2, -0.15) is 4.98 Å². The van der Waals surface area contributed by atoms with Crippen molar-refractivity contribution in [3.05, 3.63) is 46.3 Å². The number of benzene rings is 1. The molecule has 1 aliphatic heterocycles. The van der Waals surface area contributed by atoms with Crippen LogP contribution in [0.2, 0.25) is 5.02 Å². The molecule has 2 heterocycles. The minimum atomic E-state index is -0.488. The van der Waals surface area contributed by atoms with Crippen LogP contribution in [-0.4, -0.2) is 41.1 Å². The van der Waals surface area contributed by atoms with Crippen molar-refractivity contribution in [1.29, 1.82) is 0 Å². The molecule has 0 unspecified atom stereocenters. The molecule has 9 heteroatoms. The Kier molecular flexibility index (Phi) is 5.31. The van der Waals surface area contributed by atoms with Crippen LogP contribution in [0.3, 0.4) is 0 Å². The third kappa shape index (κ3) is 3.81. The van der Waals surface area contributed by atoms with Gasteiger partial charge in [-0.3, -0.25) is 9.69 Å². The lowest BCUT2D eigenvalue weighted by molar-refractivity contribution is -0.121. The number of methoxy groups -OCH3 is 1. The van der Waals surface area contributed by atoms with Crippen molar-refractivity contribution in [2.24, 2.45) is 11.7 Å². The van der Waals surface area contributed by atoms with Gasteiger partial charge in [0.1, 0.15) is 12.4 Å². The maximum Gasteiger partial charge on any atom is 0.231 e. The van der Waals surface area contributed by atoms with Gasteiger partial charge in [-0.25, -0.2) is 4.39 Å². The molecule has 1 fully saturated rings. The molecule has 0 aliphatic carbocycles. The molecule has 7 nitrogen and oxygen atoms in total. The Labute approximate surface area is 148 Å². The van der Waals surface area contributed by atoms with Crippen molar-refractivity contribution >= 4 is 17.5 Å². The van der Waals surface area contributed by atoms with Crippen molar-refractivity contribution in [3.63, 3.8) is 0 Å². The number of amides is 1. The van der Waals surface area contributed by atoms with Crippen LogP contribution in [0.15, 0.2) is 22.7 Å². The molecular formula is C16H18ClFN4O3. The summed E-state index contributed by atoms with van der Waals surface area (Å²) >= 11 is 5.82. The topological polar surface area (TPSA) is 94.5 Å². The maximum atomic E-state index is 14.1. The number of likely N-dealkylation sites (tertiary alicyclic amines) is 1. The quantitative estimate of drug-likeness (QED) is 0.834. The highest BCUT2D eigenvalue weighted by atomic mass is 35.5.